The molecule has 4 fully saturated rings. The topological polar surface area (TPSA) is 95.0 Å². The van der Waals surface area contributed by atoms with E-state index in [0.29, 0.717) is 77.7 Å². The zero-order chi connectivity index (χ0) is 35.4. The highest BCUT2D eigenvalue weighted by molar-refractivity contribution is 5.88. The number of aliphatic hydroxyl groups excluding tert-OH is 1. The lowest BCUT2D eigenvalue weighted by molar-refractivity contribution is -0.143. The molecule has 50 heavy (non-hydrogen) atoms. The zero-order valence-electron chi connectivity index (χ0n) is 29.6. The molecule has 12 heteroatoms. The van der Waals surface area contributed by atoms with E-state index in [4.69, 9.17) is 14.2 Å². The van der Waals surface area contributed by atoms with Crippen molar-refractivity contribution in [3.63, 3.8) is 0 Å². The number of piperidine rings is 1. The van der Waals surface area contributed by atoms with Crippen LogP contribution in [-0.2, 0) is 19.1 Å². The minimum atomic E-state index is -2.14. The number of nitrogens with zero attached hydrogens (tertiary/aromatic N) is 4. The Bertz CT molecular complexity index is 1470. The van der Waals surface area contributed by atoms with Crippen molar-refractivity contribution in [2.45, 2.75) is 49.2 Å². The van der Waals surface area contributed by atoms with Gasteiger partial charge in [0, 0.05) is 109 Å². The third-order valence-corrected chi connectivity index (χ3v) is 11.5. The first-order chi connectivity index (χ1) is 24.2. The van der Waals surface area contributed by atoms with Crippen LogP contribution >= 0.6 is 0 Å². The van der Waals surface area contributed by atoms with E-state index in [0.717, 1.165) is 29.7 Å². The molecular formula is C38H52F2N4O6. The summed E-state index contributed by atoms with van der Waals surface area (Å²) in [5.74, 6) is -1.30. The lowest BCUT2D eigenvalue weighted by Gasteiger charge is -2.36. The van der Waals surface area contributed by atoms with E-state index in [2.05, 4.69) is 9.80 Å². The van der Waals surface area contributed by atoms with Crippen LogP contribution in [0.2, 0.25) is 0 Å². The second kappa shape index (κ2) is 15.9. The van der Waals surface area contributed by atoms with Crippen molar-refractivity contribution < 1.29 is 37.7 Å². The van der Waals surface area contributed by atoms with Crippen LogP contribution in [0.4, 0.5) is 14.5 Å². The third-order valence-electron chi connectivity index (χ3n) is 11.5. The zero-order valence-corrected chi connectivity index (χ0v) is 29.6. The number of hydrogen-bond donors (Lipinski definition) is 1. The molecule has 274 valence electrons. The van der Waals surface area contributed by atoms with Gasteiger partial charge in [0.1, 0.15) is 11.6 Å². The lowest BCUT2D eigenvalue weighted by atomic mass is 9.85. The predicted octanol–water partition coefficient (Wildman–Crippen LogP) is 3.68. The molecular weight excluding hydrogens is 646 g/mol. The van der Waals surface area contributed by atoms with E-state index in [9.17, 15) is 19.1 Å². The van der Waals surface area contributed by atoms with E-state index >= 15 is 4.39 Å². The molecule has 0 aromatic heterocycles. The SMILES string of the molecule is COC[C@H]1CN(C(=O)[C@]2(F)CN(C3CCOCC3)C[C@H]2c2ccc(OC)cc2)C[C@@H]1c1ccc(F)cc1N1CCC(C(=O)N(C)CCO)CC1. The molecule has 0 radical (unpaired) electrons. The van der Waals surface area contributed by atoms with Gasteiger partial charge in [0.2, 0.25) is 11.6 Å². The average Bonchev–Trinajstić information content (AvgIpc) is 3.73. The van der Waals surface area contributed by atoms with Crippen molar-refractivity contribution in [2.75, 3.05) is 98.4 Å². The highest BCUT2D eigenvalue weighted by atomic mass is 19.1. The van der Waals surface area contributed by atoms with Gasteiger partial charge in [-0.25, -0.2) is 8.78 Å². The second-order valence-electron chi connectivity index (χ2n) is 14.4. The summed E-state index contributed by atoms with van der Waals surface area (Å²) in [6.45, 7) is 4.06. The Hall–Kier alpha value is -3.32. The number of likely N-dealkylation sites (N-methyl/N-ethyl adjacent to an activating group) is 1. The molecule has 4 atom stereocenters. The molecule has 1 N–H and O–H groups in total. The van der Waals surface area contributed by atoms with Crippen molar-refractivity contribution in [1.29, 1.82) is 0 Å². The number of anilines is 1. The molecule has 6 rings (SSSR count). The molecule has 10 nitrogen and oxygen atoms in total. The summed E-state index contributed by atoms with van der Waals surface area (Å²) >= 11 is 0. The van der Waals surface area contributed by atoms with Crippen molar-refractivity contribution >= 4 is 17.5 Å². The molecule has 4 aliphatic heterocycles. The summed E-state index contributed by atoms with van der Waals surface area (Å²) in [5.41, 5.74) is 0.284. The Labute approximate surface area is 294 Å². The molecule has 4 heterocycles. The largest absolute Gasteiger partial charge is 0.497 e. The minimum Gasteiger partial charge on any atom is -0.497 e. The number of methoxy groups -OCH3 is 2. The smallest absolute Gasteiger partial charge is 0.262 e. The molecule has 0 spiro atoms. The summed E-state index contributed by atoms with van der Waals surface area (Å²) in [6.07, 6.45) is 2.84. The van der Waals surface area contributed by atoms with E-state index in [1.807, 2.05) is 24.3 Å². The summed E-state index contributed by atoms with van der Waals surface area (Å²) in [7, 11) is 4.92. The van der Waals surface area contributed by atoms with Gasteiger partial charge in [-0.3, -0.25) is 14.5 Å². The number of rotatable bonds is 11. The van der Waals surface area contributed by atoms with Crippen molar-refractivity contribution in [2.24, 2.45) is 11.8 Å². The highest BCUT2D eigenvalue weighted by Gasteiger charge is 2.57. The number of hydrogen-bond acceptors (Lipinski definition) is 8. The molecule has 4 saturated heterocycles. The van der Waals surface area contributed by atoms with E-state index < -0.39 is 17.5 Å². The van der Waals surface area contributed by atoms with Gasteiger partial charge in [0.15, 0.2) is 0 Å². The quantitative estimate of drug-likeness (QED) is 0.380. The maximum absolute atomic E-state index is 17.7. The maximum Gasteiger partial charge on any atom is 0.262 e. The average molecular weight is 699 g/mol. The van der Waals surface area contributed by atoms with Gasteiger partial charge < -0.3 is 34.0 Å². The number of alkyl halides is 1. The fraction of sp³-hybridized carbons (Fsp3) is 0.632. The summed E-state index contributed by atoms with van der Waals surface area (Å²) in [5, 5.41) is 9.27. The first-order valence-corrected chi connectivity index (χ1v) is 18.0. The number of likely N-dealkylation sites (tertiary alicyclic amines) is 2. The summed E-state index contributed by atoms with van der Waals surface area (Å²) in [4.78, 5) is 35.0. The van der Waals surface area contributed by atoms with Crippen LogP contribution in [0.3, 0.4) is 0 Å². The molecule has 2 amide bonds. The van der Waals surface area contributed by atoms with Gasteiger partial charge in [-0.2, -0.15) is 0 Å². The number of aliphatic hydroxyl groups is 1. The van der Waals surface area contributed by atoms with Crippen LogP contribution in [0.5, 0.6) is 5.75 Å². The van der Waals surface area contributed by atoms with Crippen LogP contribution in [0.15, 0.2) is 42.5 Å². The molecule has 4 aliphatic rings. The highest BCUT2D eigenvalue weighted by Crippen LogP contribution is 2.46. The Morgan fingerprint density at radius 2 is 1.74 bits per heavy atom. The number of ether oxygens (including phenoxy) is 3. The summed E-state index contributed by atoms with van der Waals surface area (Å²) in [6, 6.07) is 12.3. The van der Waals surface area contributed by atoms with Gasteiger partial charge in [0.05, 0.1) is 20.3 Å². The fourth-order valence-corrected chi connectivity index (χ4v) is 8.68. The van der Waals surface area contributed by atoms with Gasteiger partial charge in [-0.1, -0.05) is 18.2 Å². The fourth-order valence-electron chi connectivity index (χ4n) is 8.68. The van der Waals surface area contributed by atoms with Crippen molar-refractivity contribution in [3.8, 4) is 5.75 Å². The Morgan fingerprint density at radius 3 is 2.40 bits per heavy atom. The normalized spacial score (nSPS) is 26.8. The standard InChI is InChI=1S/C38H52F2N4O6/c1-41(16-17-45)36(46)27-10-14-42(15-11-27)35-20-29(39)6-9-32(35)33-22-43(21-28(33)24-48-2)37(47)38(40)25-44(30-12-18-50-19-13-30)23-34(38)26-4-7-31(49-3)8-5-26/h4-9,20,27-28,30,33-34,45H,10-19,21-25H2,1-3H3/t28-,33+,34+,38+/m1/s1. The number of halogens is 2. The third kappa shape index (κ3) is 7.49. The first kappa shape index (κ1) is 36.5. The van der Waals surface area contributed by atoms with Gasteiger partial charge in [0.25, 0.3) is 5.91 Å². The van der Waals surface area contributed by atoms with Crippen molar-refractivity contribution in [3.05, 3.63) is 59.4 Å². The minimum absolute atomic E-state index is 0.0127. The van der Waals surface area contributed by atoms with Gasteiger partial charge in [-0.15, -0.1) is 0 Å². The van der Waals surface area contributed by atoms with Gasteiger partial charge in [-0.05, 0) is 61.1 Å². The first-order valence-electron chi connectivity index (χ1n) is 18.0. The van der Waals surface area contributed by atoms with Crippen LogP contribution in [-0.4, -0.2) is 137 Å². The second-order valence-corrected chi connectivity index (χ2v) is 14.4. The number of carbonyl (C=O) groups excluding carboxylic acids is 2. The van der Waals surface area contributed by atoms with Crippen molar-refractivity contribution in [1.82, 2.24) is 14.7 Å². The molecule has 2 aromatic rings. The molecule has 2 aromatic carbocycles. The number of benzene rings is 2. The van der Waals surface area contributed by atoms with E-state index in [1.165, 1.54) is 6.07 Å². The van der Waals surface area contributed by atoms with E-state index in [-0.39, 0.29) is 48.7 Å². The molecule has 0 saturated carbocycles. The van der Waals surface area contributed by atoms with Crippen LogP contribution < -0.4 is 9.64 Å². The van der Waals surface area contributed by atoms with Crippen LogP contribution in [0.25, 0.3) is 0 Å². The lowest BCUT2D eigenvalue weighted by Crippen LogP contribution is -2.50. The Kier molecular flexibility index (Phi) is 11.6. The molecule has 0 bridgehead atoms. The number of carbonyl (C=O) groups is 2. The van der Waals surface area contributed by atoms with Crippen LogP contribution in [0.1, 0.15) is 48.6 Å². The van der Waals surface area contributed by atoms with Crippen LogP contribution in [0, 0.1) is 17.7 Å². The van der Waals surface area contributed by atoms with E-state index in [1.54, 1.807) is 43.2 Å². The Balaban J connectivity index is 1.24. The Morgan fingerprint density at radius 1 is 1.02 bits per heavy atom. The monoisotopic (exact) mass is 698 g/mol. The molecule has 0 unspecified atom stereocenters. The molecule has 0 aliphatic carbocycles. The maximum atomic E-state index is 17.7. The summed E-state index contributed by atoms with van der Waals surface area (Å²) < 4.78 is 49.2. The van der Waals surface area contributed by atoms with Gasteiger partial charge >= 0.3 is 0 Å². The predicted molar refractivity (Wildman–Crippen MR) is 186 cm³/mol. The number of amides is 2.